The van der Waals surface area contributed by atoms with Crippen LogP contribution in [0, 0.1) is 22.7 Å². The van der Waals surface area contributed by atoms with Gasteiger partial charge in [0, 0.05) is 11.8 Å². The van der Waals surface area contributed by atoms with E-state index in [0.29, 0.717) is 24.7 Å². The quantitative estimate of drug-likeness (QED) is 0.221. The number of hydrogen-bond acceptors (Lipinski definition) is 4. The number of allylic oxidation sites excluding steroid dienone is 8. The van der Waals surface area contributed by atoms with Gasteiger partial charge in [0.2, 0.25) is 0 Å². The molecule has 4 aliphatic rings. The smallest absolute Gasteiger partial charge is 0.311 e. The standard InChI is InChI=1S/C25H30O4/c1-4-5-23(28)29-22(15-26)21-9-8-19-18-7-6-16-14-17(27)10-12-24(16,2)20(18)11-13-25(19,21)3/h10-12,14-15,18-19H,4-9,13H2,1-3H3/b22-21-/t18-,19-,24-,25-/m0/s1. The maximum absolute atomic E-state index is 12.0. The summed E-state index contributed by atoms with van der Waals surface area (Å²) < 4.78 is 5.49. The van der Waals surface area contributed by atoms with Gasteiger partial charge in [-0.25, -0.2) is 0 Å². The number of fused-ring (bicyclic) bond motifs is 5. The van der Waals surface area contributed by atoms with Crippen LogP contribution >= 0.6 is 0 Å². The molecule has 0 aliphatic heterocycles. The Morgan fingerprint density at radius 3 is 2.79 bits per heavy atom. The number of esters is 1. The SMILES string of the molecule is CCCC(=O)O/C(C=O)=C1/CC[C@H]2[C@@H]3CCC4=CC(=O)C=C[C@]4(C)C3=CC[C@]12C. The third kappa shape index (κ3) is 3.08. The van der Waals surface area contributed by atoms with Crippen molar-refractivity contribution in [1.29, 1.82) is 0 Å². The van der Waals surface area contributed by atoms with Crippen LogP contribution in [0.25, 0.3) is 0 Å². The van der Waals surface area contributed by atoms with Crippen molar-refractivity contribution in [2.24, 2.45) is 22.7 Å². The van der Waals surface area contributed by atoms with Crippen molar-refractivity contribution < 1.29 is 19.1 Å². The molecule has 0 spiro atoms. The third-order valence-electron chi connectivity index (χ3n) is 7.82. The minimum atomic E-state index is -0.321. The number of ketones is 1. The van der Waals surface area contributed by atoms with Crippen molar-refractivity contribution in [2.45, 2.75) is 65.7 Å². The van der Waals surface area contributed by atoms with Crippen molar-refractivity contribution in [1.82, 2.24) is 0 Å². The van der Waals surface area contributed by atoms with Crippen LogP contribution in [0.3, 0.4) is 0 Å². The minimum Gasteiger partial charge on any atom is -0.423 e. The molecule has 2 saturated carbocycles. The molecule has 29 heavy (non-hydrogen) atoms. The second-order valence-electron chi connectivity index (χ2n) is 9.36. The summed E-state index contributed by atoms with van der Waals surface area (Å²) in [4.78, 5) is 35.7. The Bertz CT molecular complexity index is 886. The molecule has 0 saturated heterocycles. The number of ether oxygens (including phenoxy) is 1. The summed E-state index contributed by atoms with van der Waals surface area (Å²) in [7, 11) is 0. The zero-order valence-electron chi connectivity index (χ0n) is 17.6. The summed E-state index contributed by atoms with van der Waals surface area (Å²) in [5.74, 6) is 0.884. The zero-order chi connectivity index (χ0) is 20.8. The van der Waals surface area contributed by atoms with Gasteiger partial charge in [-0.15, -0.1) is 0 Å². The van der Waals surface area contributed by atoms with Crippen LogP contribution in [0.4, 0.5) is 0 Å². The maximum Gasteiger partial charge on any atom is 0.311 e. The molecule has 0 N–H and O–H groups in total. The summed E-state index contributed by atoms with van der Waals surface area (Å²) in [6, 6.07) is 0. The highest BCUT2D eigenvalue weighted by molar-refractivity contribution is 6.01. The van der Waals surface area contributed by atoms with Gasteiger partial charge < -0.3 is 4.74 Å². The molecule has 4 aliphatic carbocycles. The summed E-state index contributed by atoms with van der Waals surface area (Å²) in [5, 5.41) is 0. The first-order chi connectivity index (χ1) is 13.8. The first-order valence-corrected chi connectivity index (χ1v) is 10.9. The van der Waals surface area contributed by atoms with E-state index in [1.54, 1.807) is 6.08 Å². The molecule has 154 valence electrons. The van der Waals surface area contributed by atoms with Crippen LogP contribution in [-0.2, 0) is 19.1 Å². The van der Waals surface area contributed by atoms with Gasteiger partial charge in [0.05, 0.1) is 0 Å². The summed E-state index contributed by atoms with van der Waals surface area (Å²) in [6.45, 7) is 6.39. The zero-order valence-corrected chi connectivity index (χ0v) is 17.6. The molecule has 2 fully saturated rings. The van der Waals surface area contributed by atoms with Crippen molar-refractivity contribution in [2.75, 3.05) is 0 Å². The van der Waals surface area contributed by atoms with Crippen LogP contribution in [0.5, 0.6) is 0 Å². The van der Waals surface area contributed by atoms with Gasteiger partial charge in [-0.05, 0) is 80.4 Å². The molecule has 0 aromatic carbocycles. The molecule has 4 heteroatoms. The van der Waals surface area contributed by atoms with E-state index in [1.807, 2.05) is 13.0 Å². The van der Waals surface area contributed by atoms with E-state index in [9.17, 15) is 14.4 Å². The highest BCUT2D eigenvalue weighted by Gasteiger charge is 2.54. The van der Waals surface area contributed by atoms with Crippen molar-refractivity contribution >= 4 is 18.0 Å². The van der Waals surface area contributed by atoms with Crippen molar-refractivity contribution in [3.63, 3.8) is 0 Å². The normalized spacial score (nSPS) is 37.0. The number of hydrogen-bond donors (Lipinski definition) is 0. The molecular formula is C25H30O4. The van der Waals surface area contributed by atoms with E-state index in [-0.39, 0.29) is 28.3 Å². The number of rotatable bonds is 4. The fraction of sp³-hybridized carbons (Fsp3) is 0.560. The average molecular weight is 395 g/mol. The Morgan fingerprint density at radius 1 is 1.28 bits per heavy atom. The lowest BCUT2D eigenvalue weighted by atomic mass is 9.53. The molecule has 0 unspecified atom stereocenters. The number of carbonyl (C=O) groups is 3. The van der Waals surface area contributed by atoms with Gasteiger partial charge in [-0.2, -0.15) is 0 Å². The van der Waals surface area contributed by atoms with Gasteiger partial charge in [-0.1, -0.05) is 37.1 Å². The molecule has 4 rings (SSSR count). The van der Waals surface area contributed by atoms with E-state index >= 15 is 0 Å². The van der Waals surface area contributed by atoms with Crippen LogP contribution in [0.1, 0.15) is 65.7 Å². The van der Waals surface area contributed by atoms with E-state index < -0.39 is 0 Å². The first-order valence-electron chi connectivity index (χ1n) is 10.9. The van der Waals surface area contributed by atoms with Crippen LogP contribution in [0.2, 0.25) is 0 Å². The molecule has 0 aromatic heterocycles. The van der Waals surface area contributed by atoms with Gasteiger partial charge in [0.1, 0.15) is 0 Å². The van der Waals surface area contributed by atoms with Crippen LogP contribution in [0.15, 0.2) is 46.8 Å². The Balaban J connectivity index is 1.70. The van der Waals surface area contributed by atoms with Crippen LogP contribution < -0.4 is 0 Å². The van der Waals surface area contributed by atoms with Gasteiger partial charge >= 0.3 is 5.97 Å². The van der Waals surface area contributed by atoms with E-state index in [2.05, 4.69) is 26.0 Å². The summed E-state index contributed by atoms with van der Waals surface area (Å²) in [6.07, 6.45) is 14.3. The third-order valence-corrected chi connectivity index (χ3v) is 7.82. The second-order valence-corrected chi connectivity index (χ2v) is 9.36. The Morgan fingerprint density at radius 2 is 2.07 bits per heavy atom. The molecule has 4 nitrogen and oxygen atoms in total. The maximum atomic E-state index is 12.0. The monoisotopic (exact) mass is 394 g/mol. The highest BCUT2D eigenvalue weighted by Crippen LogP contribution is 2.64. The Kier molecular flexibility index (Phi) is 5.00. The molecule has 0 amide bonds. The Labute approximate surface area is 172 Å². The van der Waals surface area contributed by atoms with E-state index in [4.69, 9.17) is 4.74 Å². The van der Waals surface area contributed by atoms with Gasteiger partial charge in [0.25, 0.3) is 0 Å². The molecule has 0 heterocycles. The minimum absolute atomic E-state index is 0.0905. The molecular weight excluding hydrogens is 364 g/mol. The first kappa shape index (κ1) is 20.1. The molecule has 0 bridgehead atoms. The average Bonchev–Trinajstić information content (AvgIpc) is 3.04. The number of carbonyl (C=O) groups excluding carboxylic acids is 3. The predicted octanol–water partition coefficient (Wildman–Crippen LogP) is 5.01. The summed E-state index contributed by atoms with van der Waals surface area (Å²) >= 11 is 0. The predicted molar refractivity (Wildman–Crippen MR) is 111 cm³/mol. The van der Waals surface area contributed by atoms with Gasteiger partial charge in [-0.3, -0.25) is 14.4 Å². The van der Waals surface area contributed by atoms with Gasteiger partial charge in [0.15, 0.2) is 17.8 Å². The van der Waals surface area contributed by atoms with Crippen LogP contribution in [-0.4, -0.2) is 18.0 Å². The fourth-order valence-electron chi connectivity index (χ4n) is 6.28. The van der Waals surface area contributed by atoms with Crippen molar-refractivity contribution in [3.05, 3.63) is 46.8 Å². The summed E-state index contributed by atoms with van der Waals surface area (Å²) in [5.41, 5.74) is 3.36. The second kappa shape index (κ2) is 7.23. The fourth-order valence-corrected chi connectivity index (χ4v) is 6.28. The lowest BCUT2D eigenvalue weighted by Crippen LogP contribution is -2.42. The molecule has 0 radical (unpaired) electrons. The lowest BCUT2D eigenvalue weighted by molar-refractivity contribution is -0.141. The number of aldehydes is 1. The molecule has 0 aromatic rings. The topological polar surface area (TPSA) is 60.4 Å². The lowest BCUT2D eigenvalue weighted by Gasteiger charge is -2.51. The largest absolute Gasteiger partial charge is 0.423 e. The Hall–Kier alpha value is -2.23. The highest BCUT2D eigenvalue weighted by atomic mass is 16.5. The van der Waals surface area contributed by atoms with Crippen molar-refractivity contribution in [3.8, 4) is 0 Å². The van der Waals surface area contributed by atoms with E-state index in [1.165, 1.54) is 11.1 Å². The molecule has 4 atom stereocenters. The van der Waals surface area contributed by atoms with E-state index in [0.717, 1.165) is 44.0 Å².